The zero-order valence-corrected chi connectivity index (χ0v) is 18.3. The number of carbonyl (C=O) groups is 1. The Labute approximate surface area is 183 Å². The summed E-state index contributed by atoms with van der Waals surface area (Å²) in [5.74, 6) is -0.465. The molecule has 3 aromatic rings. The molecule has 1 aliphatic heterocycles. The molecule has 30 heavy (non-hydrogen) atoms. The summed E-state index contributed by atoms with van der Waals surface area (Å²) >= 11 is 7.13. The number of nitrogens with one attached hydrogen (secondary N) is 1. The zero-order chi connectivity index (χ0) is 21.1. The summed E-state index contributed by atoms with van der Waals surface area (Å²) < 4.78 is 27.3. The van der Waals surface area contributed by atoms with Gasteiger partial charge in [0.2, 0.25) is 15.0 Å². The fraction of sp³-hybridized carbons (Fsp3) is 0.250. The molecule has 1 amide bonds. The highest BCUT2D eigenvalue weighted by molar-refractivity contribution is 7.89. The number of sulfonamides is 1. The maximum Gasteiger partial charge on any atom is 0.286 e. The average molecular weight is 463 g/mol. The Morgan fingerprint density at radius 1 is 1.13 bits per heavy atom. The van der Waals surface area contributed by atoms with Gasteiger partial charge >= 0.3 is 0 Å². The largest absolute Gasteiger partial charge is 0.320 e. The van der Waals surface area contributed by atoms with Crippen LogP contribution in [0.1, 0.15) is 33.6 Å². The number of halogens is 1. The minimum absolute atomic E-state index is 0.0949. The first-order valence-electron chi connectivity index (χ1n) is 9.39. The van der Waals surface area contributed by atoms with Crippen molar-refractivity contribution in [3.05, 3.63) is 69.6 Å². The fourth-order valence-electron chi connectivity index (χ4n) is 3.35. The predicted molar refractivity (Wildman–Crippen MR) is 116 cm³/mol. The molecule has 7 nitrogen and oxygen atoms in total. The smallest absolute Gasteiger partial charge is 0.286 e. The van der Waals surface area contributed by atoms with Crippen molar-refractivity contribution in [3.8, 4) is 0 Å². The number of carbonyl (C=O) groups excluding carboxylic acids is 1. The molecule has 0 unspecified atom stereocenters. The van der Waals surface area contributed by atoms with Crippen molar-refractivity contribution in [3.63, 3.8) is 0 Å². The molecule has 1 fully saturated rings. The number of hydrogen-bond donors (Lipinski definition) is 1. The van der Waals surface area contributed by atoms with Gasteiger partial charge < -0.3 is 5.32 Å². The zero-order valence-electron chi connectivity index (χ0n) is 15.9. The summed E-state index contributed by atoms with van der Waals surface area (Å²) in [5, 5.41) is 12.3. The highest BCUT2D eigenvalue weighted by Crippen LogP contribution is 2.32. The molecule has 2 heterocycles. The number of piperidine rings is 1. The normalized spacial score (nSPS) is 17.6. The third-order valence-electron chi connectivity index (χ3n) is 4.83. The monoisotopic (exact) mass is 462 g/mol. The molecule has 2 aromatic carbocycles. The Hall–Kier alpha value is -2.33. The molecule has 1 N–H and O–H groups in total. The van der Waals surface area contributed by atoms with E-state index in [2.05, 4.69) is 15.5 Å². The summed E-state index contributed by atoms with van der Waals surface area (Å²) in [5.41, 5.74) is 0.571. The molecule has 1 saturated heterocycles. The lowest BCUT2D eigenvalue weighted by molar-refractivity contribution is 0.102. The van der Waals surface area contributed by atoms with Crippen LogP contribution in [0.25, 0.3) is 0 Å². The number of aromatic nitrogens is 2. The van der Waals surface area contributed by atoms with Crippen LogP contribution < -0.4 is 5.32 Å². The van der Waals surface area contributed by atoms with Gasteiger partial charge in [-0.25, -0.2) is 8.42 Å². The third kappa shape index (κ3) is 4.54. The predicted octanol–water partition coefficient (Wildman–Crippen LogP) is 4.01. The lowest BCUT2D eigenvalue weighted by Gasteiger charge is -2.30. The van der Waals surface area contributed by atoms with Crippen molar-refractivity contribution < 1.29 is 13.2 Å². The lowest BCUT2D eigenvalue weighted by Crippen LogP contribution is -2.39. The van der Waals surface area contributed by atoms with Crippen molar-refractivity contribution in [2.24, 2.45) is 0 Å². The second kappa shape index (κ2) is 8.81. The van der Waals surface area contributed by atoms with Crippen molar-refractivity contribution in [1.29, 1.82) is 0 Å². The molecular formula is C20H19ClN4O3S2. The molecule has 4 rings (SSSR count). The van der Waals surface area contributed by atoms with Gasteiger partial charge in [0.25, 0.3) is 5.91 Å². The van der Waals surface area contributed by atoms with Crippen molar-refractivity contribution >= 4 is 44.6 Å². The third-order valence-corrected chi connectivity index (χ3v) is 8.03. The van der Waals surface area contributed by atoms with Crippen LogP contribution in [0.3, 0.4) is 0 Å². The molecule has 0 saturated carbocycles. The van der Waals surface area contributed by atoms with Gasteiger partial charge in [0, 0.05) is 29.7 Å². The van der Waals surface area contributed by atoms with Gasteiger partial charge in [-0.3, -0.25) is 4.79 Å². The Bertz CT molecular complexity index is 1150. The summed E-state index contributed by atoms with van der Waals surface area (Å²) in [4.78, 5) is 12.8. The van der Waals surface area contributed by atoms with Crippen LogP contribution in [0.5, 0.6) is 0 Å². The molecule has 0 radical (unpaired) electrons. The van der Waals surface area contributed by atoms with Crippen LogP contribution in [0.2, 0.25) is 5.02 Å². The maximum atomic E-state index is 12.9. The quantitative estimate of drug-likeness (QED) is 0.618. The van der Waals surface area contributed by atoms with Crippen molar-refractivity contribution in [2.45, 2.75) is 23.7 Å². The summed E-state index contributed by atoms with van der Waals surface area (Å²) in [6.45, 7) is 0.788. The first kappa shape index (κ1) is 20.9. The molecule has 0 spiro atoms. The number of rotatable bonds is 5. The Balaban J connectivity index is 1.47. The van der Waals surface area contributed by atoms with Gasteiger partial charge in [0.15, 0.2) is 0 Å². The van der Waals surface area contributed by atoms with Crippen molar-refractivity contribution in [2.75, 3.05) is 18.4 Å². The minimum Gasteiger partial charge on any atom is -0.320 e. The van der Waals surface area contributed by atoms with Gasteiger partial charge in [0.1, 0.15) is 5.01 Å². The van der Waals surface area contributed by atoms with E-state index in [-0.39, 0.29) is 21.7 Å². The van der Waals surface area contributed by atoms with Gasteiger partial charge in [-0.15, -0.1) is 10.2 Å². The highest BCUT2D eigenvalue weighted by Gasteiger charge is 2.32. The van der Waals surface area contributed by atoms with Gasteiger partial charge in [-0.2, -0.15) is 4.31 Å². The SMILES string of the molecule is O=C(Nc1cccc(Cl)c1)c1nnc([C@@H]2CCCN(S(=O)(=O)c3ccccc3)C2)s1. The molecule has 0 bridgehead atoms. The molecule has 156 valence electrons. The fourth-order valence-corrected chi connectivity index (χ4v) is 5.95. The molecule has 1 aromatic heterocycles. The lowest BCUT2D eigenvalue weighted by atomic mass is 10.0. The molecule has 1 aliphatic rings. The van der Waals surface area contributed by atoms with Crippen molar-refractivity contribution in [1.82, 2.24) is 14.5 Å². The van der Waals surface area contributed by atoms with Crippen LogP contribution in [0.4, 0.5) is 5.69 Å². The van der Waals surface area contributed by atoms with Crippen LogP contribution in [0, 0.1) is 0 Å². The first-order valence-corrected chi connectivity index (χ1v) is 12.0. The van der Waals surface area contributed by atoms with E-state index >= 15 is 0 Å². The average Bonchev–Trinajstić information content (AvgIpc) is 3.25. The van der Waals surface area contributed by atoms with E-state index in [0.717, 1.165) is 12.8 Å². The standard InChI is InChI=1S/C20H19ClN4O3S2/c21-15-7-4-8-16(12-15)22-18(26)20-24-23-19(29-20)14-6-5-11-25(13-14)30(27,28)17-9-2-1-3-10-17/h1-4,7-10,12,14H,5-6,11,13H2,(H,22,26)/t14-/m1/s1. The Kier molecular flexibility index (Phi) is 6.14. The Morgan fingerprint density at radius 2 is 1.93 bits per heavy atom. The topological polar surface area (TPSA) is 92.3 Å². The van der Waals surface area contributed by atoms with E-state index < -0.39 is 10.0 Å². The van der Waals surface area contributed by atoms with Crippen LogP contribution in [-0.2, 0) is 10.0 Å². The second-order valence-electron chi connectivity index (χ2n) is 6.93. The van der Waals surface area contributed by atoms with E-state index in [1.165, 1.54) is 15.6 Å². The minimum atomic E-state index is -3.56. The molecule has 0 aliphatic carbocycles. The molecule has 1 atom stereocenters. The van der Waals surface area contributed by atoms with Gasteiger partial charge in [-0.05, 0) is 43.2 Å². The number of nitrogens with zero attached hydrogens (tertiary/aromatic N) is 3. The number of benzene rings is 2. The van der Waals surface area contributed by atoms with E-state index in [0.29, 0.717) is 28.8 Å². The molecular weight excluding hydrogens is 444 g/mol. The number of anilines is 1. The maximum absolute atomic E-state index is 12.9. The number of hydrogen-bond acceptors (Lipinski definition) is 6. The Morgan fingerprint density at radius 3 is 2.70 bits per heavy atom. The number of amides is 1. The van der Waals surface area contributed by atoms with E-state index in [1.54, 1.807) is 54.6 Å². The first-order chi connectivity index (χ1) is 14.4. The van der Waals surface area contributed by atoms with E-state index in [9.17, 15) is 13.2 Å². The highest BCUT2D eigenvalue weighted by atomic mass is 35.5. The second-order valence-corrected chi connectivity index (χ2v) is 10.3. The van der Waals surface area contributed by atoms with E-state index in [1.807, 2.05) is 0 Å². The van der Waals surface area contributed by atoms with Crippen LogP contribution >= 0.6 is 22.9 Å². The molecule has 10 heteroatoms. The van der Waals surface area contributed by atoms with Gasteiger partial charge in [0.05, 0.1) is 4.90 Å². The van der Waals surface area contributed by atoms with Crippen LogP contribution in [0.15, 0.2) is 59.5 Å². The van der Waals surface area contributed by atoms with Crippen LogP contribution in [-0.4, -0.2) is 41.9 Å². The summed E-state index contributed by atoms with van der Waals surface area (Å²) in [6.07, 6.45) is 1.52. The van der Waals surface area contributed by atoms with E-state index in [4.69, 9.17) is 11.6 Å². The van der Waals surface area contributed by atoms with Gasteiger partial charge in [-0.1, -0.05) is 47.2 Å². The summed E-state index contributed by atoms with van der Waals surface area (Å²) in [6, 6.07) is 15.3. The summed E-state index contributed by atoms with van der Waals surface area (Å²) in [7, 11) is -3.56.